The zero-order valence-electron chi connectivity index (χ0n) is 14.7. The minimum atomic E-state index is -0.234. The Kier molecular flexibility index (Phi) is 5.63. The summed E-state index contributed by atoms with van der Waals surface area (Å²) in [7, 11) is 0. The molecule has 5 heteroatoms. The van der Waals surface area contributed by atoms with E-state index in [0.717, 1.165) is 31.5 Å². The van der Waals surface area contributed by atoms with Gasteiger partial charge in [0.05, 0.1) is 12.3 Å². The third-order valence-electron chi connectivity index (χ3n) is 4.71. The van der Waals surface area contributed by atoms with E-state index in [-0.39, 0.29) is 17.9 Å². The van der Waals surface area contributed by atoms with Crippen LogP contribution >= 0.6 is 0 Å². The maximum absolute atomic E-state index is 12.9. The van der Waals surface area contributed by atoms with E-state index in [1.54, 1.807) is 6.92 Å². The number of carbonyl (C=O) groups excluding carboxylic acids is 1. The van der Waals surface area contributed by atoms with Gasteiger partial charge in [0.25, 0.3) is 5.91 Å². The number of hydrogen-bond acceptors (Lipinski definition) is 4. The van der Waals surface area contributed by atoms with E-state index in [1.165, 1.54) is 5.57 Å². The van der Waals surface area contributed by atoms with E-state index in [2.05, 4.69) is 25.1 Å². The van der Waals surface area contributed by atoms with Crippen LogP contribution in [0.25, 0.3) is 0 Å². The molecule has 0 unspecified atom stereocenters. The molecule has 1 N–H and O–H groups in total. The number of aromatic nitrogens is 1. The highest BCUT2D eigenvalue weighted by Crippen LogP contribution is 2.35. The molecular weight excluding hydrogens is 292 g/mol. The van der Waals surface area contributed by atoms with Crippen molar-refractivity contribution in [1.82, 2.24) is 10.1 Å². The monoisotopic (exact) mass is 320 g/mol. The number of nitrogens with zero attached hydrogens (tertiary/aromatic N) is 2. The number of likely N-dealkylation sites (tertiary alicyclic amines) is 1. The van der Waals surface area contributed by atoms with E-state index in [9.17, 15) is 9.90 Å². The highest BCUT2D eigenvalue weighted by atomic mass is 16.5. The second kappa shape index (κ2) is 7.30. The Labute approximate surface area is 138 Å². The van der Waals surface area contributed by atoms with Crippen molar-refractivity contribution in [2.24, 2.45) is 5.41 Å². The molecule has 1 amide bonds. The fraction of sp³-hybridized carbons (Fsp3) is 0.667. The number of carbonyl (C=O) groups is 1. The minimum Gasteiger partial charge on any atom is -0.396 e. The molecule has 0 spiro atoms. The Balaban J connectivity index is 2.21. The molecule has 0 radical (unpaired) electrons. The molecule has 1 aliphatic heterocycles. The molecule has 1 fully saturated rings. The number of aryl methyl sites for hydroxylation is 2. The van der Waals surface area contributed by atoms with Crippen LogP contribution in [0.2, 0.25) is 0 Å². The van der Waals surface area contributed by atoms with Gasteiger partial charge in [-0.2, -0.15) is 0 Å². The molecule has 2 rings (SSSR count). The normalized spacial score (nSPS) is 21.3. The zero-order valence-corrected chi connectivity index (χ0v) is 14.7. The van der Waals surface area contributed by atoms with Gasteiger partial charge >= 0.3 is 0 Å². The number of allylic oxidation sites excluding steroid dienone is 2. The van der Waals surface area contributed by atoms with Crippen LogP contribution in [0.4, 0.5) is 0 Å². The summed E-state index contributed by atoms with van der Waals surface area (Å²) in [6, 6.07) is 0. The summed E-state index contributed by atoms with van der Waals surface area (Å²) in [6.45, 7) is 9.28. The van der Waals surface area contributed by atoms with Gasteiger partial charge in [-0.25, -0.2) is 0 Å². The van der Waals surface area contributed by atoms with E-state index in [0.29, 0.717) is 24.3 Å². The Morgan fingerprint density at radius 3 is 2.83 bits per heavy atom. The van der Waals surface area contributed by atoms with Crippen LogP contribution in [0.1, 0.15) is 61.8 Å². The maximum atomic E-state index is 12.9. The largest absolute Gasteiger partial charge is 0.396 e. The smallest absolute Gasteiger partial charge is 0.259 e. The molecule has 5 nitrogen and oxygen atoms in total. The number of aliphatic hydroxyl groups excluding tert-OH is 1. The van der Waals surface area contributed by atoms with Crippen molar-refractivity contribution >= 4 is 5.91 Å². The summed E-state index contributed by atoms with van der Waals surface area (Å²) in [5, 5.41) is 13.9. The first kappa shape index (κ1) is 17.7. The lowest BCUT2D eigenvalue weighted by atomic mass is 9.77. The predicted molar refractivity (Wildman–Crippen MR) is 89.3 cm³/mol. The van der Waals surface area contributed by atoms with Crippen LogP contribution in [0.3, 0.4) is 0 Å². The lowest BCUT2D eigenvalue weighted by molar-refractivity contribution is 0.0282. The van der Waals surface area contributed by atoms with Gasteiger partial charge in [-0.1, -0.05) is 23.7 Å². The van der Waals surface area contributed by atoms with Crippen molar-refractivity contribution in [3.05, 3.63) is 28.7 Å². The summed E-state index contributed by atoms with van der Waals surface area (Å²) in [5.74, 6) is 0.562. The van der Waals surface area contributed by atoms with E-state index < -0.39 is 0 Å². The van der Waals surface area contributed by atoms with Crippen molar-refractivity contribution in [2.45, 2.75) is 53.4 Å². The number of hydrogen-bond donors (Lipinski definition) is 1. The van der Waals surface area contributed by atoms with Crippen LogP contribution in [0.5, 0.6) is 0 Å². The topological polar surface area (TPSA) is 66.6 Å². The molecule has 2 heterocycles. The number of aliphatic hydroxyl groups is 1. The lowest BCUT2D eigenvalue weighted by Crippen LogP contribution is -2.48. The van der Waals surface area contributed by atoms with Gasteiger partial charge in [0.15, 0.2) is 0 Å². The molecule has 0 aliphatic carbocycles. The third-order valence-corrected chi connectivity index (χ3v) is 4.71. The van der Waals surface area contributed by atoms with Crippen LogP contribution in [-0.2, 0) is 6.42 Å². The summed E-state index contributed by atoms with van der Waals surface area (Å²) in [5.41, 5.74) is 2.33. The van der Waals surface area contributed by atoms with Crippen LogP contribution in [0.15, 0.2) is 16.2 Å². The summed E-state index contributed by atoms with van der Waals surface area (Å²) in [6.07, 6.45) is 5.50. The summed E-state index contributed by atoms with van der Waals surface area (Å²) in [4.78, 5) is 14.8. The second-order valence-corrected chi connectivity index (χ2v) is 6.89. The summed E-state index contributed by atoms with van der Waals surface area (Å²) < 4.78 is 5.20. The molecular formula is C18H28N2O3. The van der Waals surface area contributed by atoms with Gasteiger partial charge in [0.2, 0.25) is 0 Å². The molecule has 1 atom stereocenters. The van der Waals surface area contributed by atoms with Crippen molar-refractivity contribution in [3.8, 4) is 0 Å². The molecule has 1 aromatic heterocycles. The maximum Gasteiger partial charge on any atom is 0.259 e. The van der Waals surface area contributed by atoms with Gasteiger partial charge in [-0.15, -0.1) is 0 Å². The molecule has 1 aromatic rings. The number of piperidine rings is 1. The highest BCUT2D eigenvalue weighted by molar-refractivity contribution is 5.96. The quantitative estimate of drug-likeness (QED) is 0.847. The first-order chi connectivity index (χ1) is 10.9. The van der Waals surface area contributed by atoms with Gasteiger partial charge in [-0.05, 0) is 46.5 Å². The van der Waals surface area contributed by atoms with Gasteiger partial charge < -0.3 is 14.5 Å². The Morgan fingerprint density at radius 2 is 2.22 bits per heavy atom. The molecule has 0 saturated carbocycles. The van der Waals surface area contributed by atoms with E-state index >= 15 is 0 Å². The highest BCUT2D eigenvalue weighted by Gasteiger charge is 2.37. The fourth-order valence-corrected chi connectivity index (χ4v) is 3.25. The van der Waals surface area contributed by atoms with E-state index in [4.69, 9.17) is 4.52 Å². The van der Waals surface area contributed by atoms with Crippen molar-refractivity contribution in [1.29, 1.82) is 0 Å². The van der Waals surface area contributed by atoms with Crippen LogP contribution in [0, 0.1) is 12.3 Å². The number of amides is 1. The lowest BCUT2D eigenvalue weighted by Gasteiger charge is -2.41. The molecule has 1 aliphatic rings. The second-order valence-electron chi connectivity index (χ2n) is 6.89. The molecule has 0 bridgehead atoms. The Morgan fingerprint density at radius 1 is 1.48 bits per heavy atom. The standard InChI is InChI=1S/C18H28N2O3/c1-5-15-16(14(4)23-19-15)17(22)20-10-6-8-18(11-20,12-21)9-7-13(2)3/h7,21H,5-6,8-12H2,1-4H3/t18-/m1/s1. The third kappa shape index (κ3) is 3.83. The minimum absolute atomic E-state index is 0.0182. The average molecular weight is 320 g/mol. The van der Waals surface area contributed by atoms with Crippen molar-refractivity contribution in [2.75, 3.05) is 19.7 Å². The average Bonchev–Trinajstić information content (AvgIpc) is 2.93. The van der Waals surface area contributed by atoms with Gasteiger partial charge in [0, 0.05) is 18.5 Å². The van der Waals surface area contributed by atoms with Gasteiger partial charge in [0.1, 0.15) is 11.3 Å². The summed E-state index contributed by atoms with van der Waals surface area (Å²) >= 11 is 0. The fourth-order valence-electron chi connectivity index (χ4n) is 3.25. The first-order valence-corrected chi connectivity index (χ1v) is 8.41. The first-order valence-electron chi connectivity index (χ1n) is 8.41. The SMILES string of the molecule is CCc1noc(C)c1C(=O)N1CCC[C@@](CO)(CC=C(C)C)C1. The van der Waals surface area contributed by atoms with Crippen molar-refractivity contribution in [3.63, 3.8) is 0 Å². The van der Waals surface area contributed by atoms with Crippen LogP contribution in [-0.4, -0.2) is 40.8 Å². The van der Waals surface area contributed by atoms with E-state index in [1.807, 2.05) is 11.8 Å². The van der Waals surface area contributed by atoms with Gasteiger partial charge in [-0.3, -0.25) is 4.79 Å². The molecule has 128 valence electrons. The Bertz CT molecular complexity index is 587. The Hall–Kier alpha value is -1.62. The van der Waals surface area contributed by atoms with Crippen LogP contribution < -0.4 is 0 Å². The molecule has 23 heavy (non-hydrogen) atoms. The van der Waals surface area contributed by atoms with Crippen molar-refractivity contribution < 1.29 is 14.4 Å². The zero-order chi connectivity index (χ0) is 17.0. The molecule has 0 aromatic carbocycles. The molecule has 1 saturated heterocycles. The predicted octanol–water partition coefficient (Wildman–Crippen LogP) is 3.12. The number of rotatable bonds is 5.